The van der Waals surface area contributed by atoms with Gasteiger partial charge in [-0.1, -0.05) is 133 Å². The van der Waals surface area contributed by atoms with Crippen LogP contribution in [-0.4, -0.2) is 12.5 Å². The highest BCUT2D eigenvalue weighted by molar-refractivity contribution is 6.23. The summed E-state index contributed by atoms with van der Waals surface area (Å²) in [7, 11) is 0. The van der Waals surface area contributed by atoms with Crippen LogP contribution in [0.4, 0.5) is 5.69 Å². The maximum absolute atomic E-state index is 13.1. The van der Waals surface area contributed by atoms with Gasteiger partial charge in [0.15, 0.2) is 0 Å². The third kappa shape index (κ3) is 9.40. The van der Waals surface area contributed by atoms with Crippen molar-refractivity contribution < 1.29 is 14.3 Å². The number of amides is 1. The molecule has 0 unspecified atom stereocenters. The molecule has 8 aromatic carbocycles. The molecule has 1 N–H and O–H groups in total. The van der Waals surface area contributed by atoms with Gasteiger partial charge in [-0.3, -0.25) is 4.79 Å². The highest BCUT2D eigenvalue weighted by atomic mass is 16.5. The minimum Gasteiger partial charge on any atom is -0.494 e. The number of carbonyl (C=O) groups is 1. The molecule has 0 aliphatic carbocycles. The van der Waals surface area contributed by atoms with Gasteiger partial charge in [0, 0.05) is 28.9 Å². The number of terminal acetylenes is 1. The monoisotopic (exact) mass is 833 g/mol. The van der Waals surface area contributed by atoms with Gasteiger partial charge in [0.2, 0.25) is 5.91 Å². The molecule has 8 aromatic rings. The Labute approximate surface area is 377 Å². The fourth-order valence-electron chi connectivity index (χ4n) is 8.38. The molecule has 64 heavy (non-hydrogen) atoms. The van der Waals surface area contributed by atoms with Gasteiger partial charge < -0.3 is 14.8 Å². The average molecular weight is 834 g/mol. The largest absolute Gasteiger partial charge is 0.494 e. The minimum atomic E-state index is -0.466. The molecule has 0 aliphatic rings. The Morgan fingerprint density at radius 2 is 1.16 bits per heavy atom. The second kappa shape index (κ2) is 19.6. The van der Waals surface area contributed by atoms with Crippen LogP contribution in [0.1, 0.15) is 72.6 Å². The number of carbonyl (C=O) groups excluding carboxylic acids is 1. The van der Waals surface area contributed by atoms with E-state index in [2.05, 4.69) is 163 Å². The number of ether oxygens (including phenoxy) is 2. The van der Waals surface area contributed by atoms with Crippen molar-refractivity contribution in [3.8, 4) is 81.8 Å². The molecule has 0 aromatic heterocycles. The summed E-state index contributed by atoms with van der Waals surface area (Å²) >= 11 is 0. The lowest BCUT2D eigenvalue weighted by molar-refractivity contribution is -0.124. The molecule has 0 bridgehead atoms. The first-order valence-electron chi connectivity index (χ1n) is 22.3. The maximum atomic E-state index is 13.1. The number of hydrogen-bond acceptors (Lipinski definition) is 3. The van der Waals surface area contributed by atoms with Crippen LogP contribution in [-0.2, 0) is 4.79 Å². The van der Waals surface area contributed by atoms with Gasteiger partial charge in [0.05, 0.1) is 6.61 Å². The first-order chi connectivity index (χ1) is 31.3. The third-order valence-corrected chi connectivity index (χ3v) is 12.3. The van der Waals surface area contributed by atoms with E-state index < -0.39 is 5.41 Å². The SMILES string of the molecule is C#CC#CC#CC#COc1ccc2c(-c3ccc4c(ccc5ccccc54)c3)c3cc(OCCCCCCCC)ccc3c(-c3ccc4cc(NC(=O)C(C)(C)CC)ccc4c3)c2c1. The predicted molar refractivity (Wildman–Crippen MR) is 269 cm³/mol. The van der Waals surface area contributed by atoms with Crippen LogP contribution in [0.25, 0.3) is 76.1 Å². The molecule has 0 spiro atoms. The summed E-state index contributed by atoms with van der Waals surface area (Å²) in [5.74, 6) is 16.8. The number of hydrogen-bond donors (Lipinski definition) is 1. The Kier molecular flexibility index (Phi) is 13.2. The van der Waals surface area contributed by atoms with E-state index in [4.69, 9.17) is 15.9 Å². The van der Waals surface area contributed by atoms with Crippen LogP contribution in [0, 0.1) is 53.5 Å². The summed E-state index contributed by atoms with van der Waals surface area (Å²) in [4.78, 5) is 13.1. The molecule has 1 amide bonds. The van der Waals surface area contributed by atoms with Crippen LogP contribution in [0.3, 0.4) is 0 Å². The molecule has 4 nitrogen and oxygen atoms in total. The lowest BCUT2D eigenvalue weighted by atomic mass is 9.84. The lowest BCUT2D eigenvalue weighted by Crippen LogP contribution is -2.29. The first-order valence-corrected chi connectivity index (χ1v) is 22.3. The van der Waals surface area contributed by atoms with Crippen molar-refractivity contribution in [3.63, 3.8) is 0 Å². The van der Waals surface area contributed by atoms with Gasteiger partial charge >= 0.3 is 0 Å². The average Bonchev–Trinajstić information content (AvgIpc) is 3.32. The van der Waals surface area contributed by atoms with Gasteiger partial charge in [0.1, 0.15) is 17.6 Å². The number of fused-ring (bicyclic) bond motifs is 6. The third-order valence-electron chi connectivity index (χ3n) is 12.3. The highest BCUT2D eigenvalue weighted by Crippen LogP contribution is 2.47. The number of unbranched alkanes of at least 4 members (excludes halogenated alkanes) is 5. The van der Waals surface area contributed by atoms with E-state index in [0.29, 0.717) is 12.4 Å². The summed E-state index contributed by atoms with van der Waals surface area (Å²) in [5.41, 5.74) is 4.64. The summed E-state index contributed by atoms with van der Waals surface area (Å²) in [5, 5.41) is 14.3. The number of nitrogens with one attached hydrogen (secondary N) is 1. The second-order valence-corrected chi connectivity index (χ2v) is 16.9. The fourth-order valence-corrected chi connectivity index (χ4v) is 8.38. The molecule has 0 aliphatic heterocycles. The van der Waals surface area contributed by atoms with Crippen molar-refractivity contribution in [1.29, 1.82) is 0 Å². The molecule has 0 heterocycles. The lowest BCUT2D eigenvalue weighted by Gasteiger charge is -2.21. The minimum absolute atomic E-state index is 0.00594. The zero-order valence-electron chi connectivity index (χ0n) is 37.1. The van der Waals surface area contributed by atoms with E-state index in [1.165, 1.54) is 47.2 Å². The first kappa shape index (κ1) is 43.0. The summed E-state index contributed by atoms with van der Waals surface area (Å²) in [6.45, 7) is 8.89. The molecule has 4 heteroatoms. The molecule has 0 atom stereocenters. The Hall–Kier alpha value is -7.63. The summed E-state index contributed by atoms with van der Waals surface area (Å²) in [6, 6.07) is 45.1. The van der Waals surface area contributed by atoms with E-state index in [9.17, 15) is 4.79 Å². The van der Waals surface area contributed by atoms with Crippen molar-refractivity contribution in [3.05, 3.63) is 127 Å². The quantitative estimate of drug-likeness (QED) is 0.0514. The Morgan fingerprint density at radius 3 is 1.94 bits per heavy atom. The molecule has 0 saturated heterocycles. The van der Waals surface area contributed by atoms with E-state index >= 15 is 0 Å². The van der Waals surface area contributed by atoms with Crippen molar-refractivity contribution in [2.45, 2.75) is 72.6 Å². The molecular weight excluding hydrogens is 783 g/mol. The van der Waals surface area contributed by atoms with Crippen molar-refractivity contribution in [1.82, 2.24) is 0 Å². The van der Waals surface area contributed by atoms with Gasteiger partial charge in [-0.2, -0.15) is 0 Å². The Bertz CT molecular complexity index is 3310. The molecule has 8 rings (SSSR count). The zero-order valence-corrected chi connectivity index (χ0v) is 37.1. The summed E-state index contributed by atoms with van der Waals surface area (Å²) in [6.07, 6.45) is 15.9. The highest BCUT2D eigenvalue weighted by Gasteiger charge is 2.25. The molecule has 0 saturated carbocycles. The molecule has 0 fully saturated rings. The van der Waals surface area contributed by atoms with Crippen LogP contribution in [0.2, 0.25) is 0 Å². The molecular formula is C60H51NO3. The number of rotatable bonds is 14. The van der Waals surface area contributed by atoms with E-state index in [0.717, 1.165) is 85.3 Å². The number of benzene rings is 8. The maximum Gasteiger partial charge on any atom is 0.230 e. The van der Waals surface area contributed by atoms with Crippen molar-refractivity contribution >= 4 is 65.5 Å². The van der Waals surface area contributed by atoms with Crippen molar-refractivity contribution in [2.24, 2.45) is 5.41 Å². The number of anilines is 1. The van der Waals surface area contributed by atoms with Crippen molar-refractivity contribution in [2.75, 3.05) is 11.9 Å². The van der Waals surface area contributed by atoms with E-state index in [1.807, 2.05) is 39.0 Å². The van der Waals surface area contributed by atoms with Gasteiger partial charge in [-0.25, -0.2) is 0 Å². The second-order valence-electron chi connectivity index (χ2n) is 16.9. The van der Waals surface area contributed by atoms with Crippen LogP contribution in [0.15, 0.2) is 127 Å². The van der Waals surface area contributed by atoms with Gasteiger partial charge in [-0.15, -0.1) is 6.42 Å². The zero-order chi connectivity index (χ0) is 44.5. The van der Waals surface area contributed by atoms with Crippen LogP contribution >= 0.6 is 0 Å². The molecule has 0 radical (unpaired) electrons. The topological polar surface area (TPSA) is 47.6 Å². The van der Waals surface area contributed by atoms with Gasteiger partial charge in [-0.05, 0) is 161 Å². The van der Waals surface area contributed by atoms with Crippen LogP contribution in [0.5, 0.6) is 11.5 Å². The van der Waals surface area contributed by atoms with E-state index in [-0.39, 0.29) is 5.91 Å². The smallest absolute Gasteiger partial charge is 0.230 e. The normalized spacial score (nSPS) is 11.0. The van der Waals surface area contributed by atoms with Gasteiger partial charge in [0.25, 0.3) is 0 Å². The Morgan fingerprint density at radius 1 is 0.562 bits per heavy atom. The predicted octanol–water partition coefficient (Wildman–Crippen LogP) is 14.9. The fraction of sp³-hybridized carbons (Fsp3) is 0.217. The van der Waals surface area contributed by atoms with Crippen LogP contribution < -0.4 is 14.8 Å². The van der Waals surface area contributed by atoms with E-state index in [1.54, 1.807) is 0 Å². The molecule has 314 valence electrons. The Balaban J connectivity index is 1.31. The summed E-state index contributed by atoms with van der Waals surface area (Å²) < 4.78 is 12.5. The standard InChI is InChI=1S/C60H51NO3/c1-6-9-11-13-15-19-35-63-49-31-34-54-55(40-49)57(46-26-24-44-39-48(29-27-43(44)37-46)61-59(62)60(4,5)8-3)53-33-30-50(64-36-20-16-14-12-10-7-2)41-56(53)58(54)47-28-32-52-45(38-47)25-23-42-21-17-18-22-51(42)52/h1,17-18,21-34,37-41H,7-8,10,12,14,16,20,36H2,2-5H3,(H,61,62).